The Morgan fingerprint density at radius 3 is 2.84 bits per heavy atom. The van der Waals surface area contributed by atoms with Crippen molar-refractivity contribution < 1.29 is 14.6 Å². The Morgan fingerprint density at radius 1 is 1.53 bits per heavy atom. The molecule has 0 aliphatic heterocycles. The van der Waals surface area contributed by atoms with Crippen LogP contribution < -0.4 is 14.8 Å². The summed E-state index contributed by atoms with van der Waals surface area (Å²) in [7, 11) is 1.57. The Morgan fingerprint density at radius 2 is 2.26 bits per heavy atom. The van der Waals surface area contributed by atoms with E-state index in [-0.39, 0.29) is 6.10 Å². The van der Waals surface area contributed by atoms with Gasteiger partial charge in [-0.2, -0.15) is 0 Å². The smallest absolute Gasteiger partial charge is 0.180 e. The molecular weight excluding hydrogens is 266 g/mol. The lowest BCUT2D eigenvalue weighted by molar-refractivity contribution is 0.191. The van der Waals surface area contributed by atoms with Crippen molar-refractivity contribution in [2.45, 2.75) is 19.6 Å². The van der Waals surface area contributed by atoms with Crippen LogP contribution in [0.5, 0.6) is 11.5 Å². The Balaban J connectivity index is 2.80. The maximum Gasteiger partial charge on any atom is 0.180 e. The molecule has 0 heterocycles. The van der Waals surface area contributed by atoms with Gasteiger partial charge in [0, 0.05) is 13.1 Å². The zero-order chi connectivity index (χ0) is 14.3. The van der Waals surface area contributed by atoms with Crippen molar-refractivity contribution in [3.05, 3.63) is 35.4 Å². The van der Waals surface area contributed by atoms with Crippen LogP contribution in [0.3, 0.4) is 0 Å². The second kappa shape index (κ2) is 8.04. The van der Waals surface area contributed by atoms with Gasteiger partial charge in [0.25, 0.3) is 0 Å². The van der Waals surface area contributed by atoms with Crippen LogP contribution in [0.25, 0.3) is 0 Å². The maximum absolute atomic E-state index is 9.18. The lowest BCUT2D eigenvalue weighted by Gasteiger charge is -2.14. The van der Waals surface area contributed by atoms with Crippen LogP contribution in [-0.4, -0.2) is 31.5 Å². The van der Waals surface area contributed by atoms with E-state index in [1.165, 1.54) is 0 Å². The predicted molar refractivity (Wildman–Crippen MR) is 77.1 cm³/mol. The quantitative estimate of drug-likeness (QED) is 0.720. The third kappa shape index (κ3) is 5.11. The molecule has 4 nitrogen and oxygen atoms in total. The highest BCUT2D eigenvalue weighted by molar-refractivity contribution is 6.32. The monoisotopic (exact) mass is 285 g/mol. The molecular formula is C14H20ClNO3. The molecule has 0 saturated carbocycles. The zero-order valence-corrected chi connectivity index (χ0v) is 12.0. The van der Waals surface area contributed by atoms with Gasteiger partial charge >= 0.3 is 0 Å². The van der Waals surface area contributed by atoms with E-state index in [0.717, 1.165) is 5.56 Å². The summed E-state index contributed by atoms with van der Waals surface area (Å²) < 4.78 is 10.7. The molecule has 0 aliphatic rings. The van der Waals surface area contributed by atoms with Crippen molar-refractivity contribution in [1.29, 1.82) is 0 Å². The second-order valence-corrected chi connectivity index (χ2v) is 4.60. The number of hydrogen-bond donors (Lipinski definition) is 2. The molecule has 0 fully saturated rings. The van der Waals surface area contributed by atoms with Gasteiger partial charge in [0.2, 0.25) is 0 Å². The van der Waals surface area contributed by atoms with Crippen molar-refractivity contribution >= 4 is 11.6 Å². The molecule has 0 radical (unpaired) electrons. The minimum Gasteiger partial charge on any atom is -0.493 e. The van der Waals surface area contributed by atoms with E-state index in [9.17, 15) is 5.11 Å². The summed E-state index contributed by atoms with van der Waals surface area (Å²) >= 11 is 6.17. The van der Waals surface area contributed by atoms with Gasteiger partial charge in [0.1, 0.15) is 6.61 Å². The predicted octanol–water partition coefficient (Wildman–Crippen LogP) is 2.38. The summed E-state index contributed by atoms with van der Waals surface area (Å²) in [5.74, 6) is 1.10. The van der Waals surface area contributed by atoms with E-state index in [2.05, 4.69) is 11.9 Å². The summed E-state index contributed by atoms with van der Waals surface area (Å²) in [6.07, 6.45) is 1.26. The number of aliphatic hydroxyl groups excluding tert-OH is 1. The molecule has 0 amide bonds. The van der Waals surface area contributed by atoms with E-state index in [1.807, 2.05) is 12.1 Å². The molecule has 19 heavy (non-hydrogen) atoms. The highest BCUT2D eigenvalue weighted by atomic mass is 35.5. The lowest BCUT2D eigenvalue weighted by Crippen LogP contribution is -2.23. The standard InChI is InChI=1S/C14H20ClNO3/c1-4-5-19-14-12(15)6-11(7-13(14)18-3)9-16-8-10(2)17/h4,6-7,10,16-17H,1,5,8-9H2,2-3H3. The second-order valence-electron chi connectivity index (χ2n) is 4.19. The minimum atomic E-state index is -0.382. The molecule has 0 saturated heterocycles. The molecule has 0 bridgehead atoms. The normalized spacial score (nSPS) is 12.0. The first kappa shape index (κ1) is 15.8. The number of methoxy groups -OCH3 is 1. The number of rotatable bonds is 8. The first-order chi connectivity index (χ1) is 9.08. The van der Waals surface area contributed by atoms with E-state index >= 15 is 0 Å². The van der Waals surface area contributed by atoms with Gasteiger partial charge in [0.05, 0.1) is 18.2 Å². The summed E-state index contributed by atoms with van der Waals surface area (Å²) in [4.78, 5) is 0. The van der Waals surface area contributed by atoms with Crippen LogP contribution in [0.1, 0.15) is 12.5 Å². The molecule has 106 valence electrons. The van der Waals surface area contributed by atoms with Crippen molar-refractivity contribution in [2.75, 3.05) is 20.3 Å². The minimum absolute atomic E-state index is 0.371. The number of benzene rings is 1. The van der Waals surface area contributed by atoms with E-state index in [1.54, 1.807) is 20.1 Å². The maximum atomic E-state index is 9.18. The van der Waals surface area contributed by atoms with Crippen molar-refractivity contribution in [3.63, 3.8) is 0 Å². The highest BCUT2D eigenvalue weighted by Gasteiger charge is 2.11. The lowest BCUT2D eigenvalue weighted by atomic mass is 10.2. The van der Waals surface area contributed by atoms with Gasteiger partial charge in [0.15, 0.2) is 11.5 Å². The third-order valence-corrected chi connectivity index (χ3v) is 2.68. The average molecular weight is 286 g/mol. The van der Waals surface area contributed by atoms with Gasteiger partial charge in [-0.05, 0) is 24.6 Å². The number of hydrogen-bond acceptors (Lipinski definition) is 4. The topological polar surface area (TPSA) is 50.7 Å². The van der Waals surface area contributed by atoms with Crippen molar-refractivity contribution in [3.8, 4) is 11.5 Å². The summed E-state index contributed by atoms with van der Waals surface area (Å²) in [6, 6.07) is 3.68. The van der Waals surface area contributed by atoms with Crippen LogP contribution in [0.15, 0.2) is 24.8 Å². The van der Waals surface area contributed by atoms with E-state index < -0.39 is 0 Å². The summed E-state index contributed by atoms with van der Waals surface area (Å²) in [5, 5.41) is 12.8. The zero-order valence-electron chi connectivity index (χ0n) is 11.3. The summed E-state index contributed by atoms with van der Waals surface area (Å²) in [5.41, 5.74) is 0.966. The Bertz CT molecular complexity index is 421. The first-order valence-electron chi connectivity index (χ1n) is 6.07. The number of ether oxygens (including phenoxy) is 2. The summed E-state index contributed by atoms with van der Waals surface area (Å²) in [6.45, 7) is 6.81. The van der Waals surface area contributed by atoms with Crippen molar-refractivity contribution in [1.82, 2.24) is 5.32 Å². The molecule has 0 aliphatic carbocycles. The van der Waals surface area contributed by atoms with Crippen LogP contribution >= 0.6 is 11.6 Å². The number of aliphatic hydroxyl groups is 1. The van der Waals surface area contributed by atoms with Crippen LogP contribution in [0, 0.1) is 0 Å². The van der Waals surface area contributed by atoms with Crippen molar-refractivity contribution in [2.24, 2.45) is 0 Å². The molecule has 1 aromatic rings. The van der Waals surface area contributed by atoms with Crippen LogP contribution in [0.2, 0.25) is 5.02 Å². The number of halogens is 1. The van der Waals surface area contributed by atoms with Gasteiger partial charge in [-0.1, -0.05) is 24.3 Å². The van der Waals surface area contributed by atoms with E-state index in [0.29, 0.717) is 36.2 Å². The Kier molecular flexibility index (Phi) is 6.70. The van der Waals surface area contributed by atoms with E-state index in [4.69, 9.17) is 21.1 Å². The molecule has 0 spiro atoms. The fourth-order valence-corrected chi connectivity index (χ4v) is 1.87. The molecule has 5 heteroatoms. The SMILES string of the molecule is C=CCOc1c(Cl)cc(CNCC(C)O)cc1OC. The highest BCUT2D eigenvalue weighted by Crippen LogP contribution is 2.36. The Hall–Kier alpha value is -1.23. The largest absolute Gasteiger partial charge is 0.493 e. The average Bonchev–Trinajstić information content (AvgIpc) is 2.36. The molecule has 1 aromatic carbocycles. The Labute approximate surface area is 119 Å². The third-order valence-electron chi connectivity index (χ3n) is 2.40. The number of nitrogens with one attached hydrogen (secondary N) is 1. The van der Waals surface area contributed by atoms with Gasteiger partial charge < -0.3 is 19.9 Å². The molecule has 1 unspecified atom stereocenters. The molecule has 1 atom stereocenters. The van der Waals surface area contributed by atoms with Crippen LogP contribution in [0.4, 0.5) is 0 Å². The van der Waals surface area contributed by atoms with Gasteiger partial charge in [-0.15, -0.1) is 0 Å². The molecule has 2 N–H and O–H groups in total. The fraction of sp³-hybridized carbons (Fsp3) is 0.429. The molecule has 0 aromatic heterocycles. The van der Waals surface area contributed by atoms with Crippen LogP contribution in [-0.2, 0) is 6.54 Å². The first-order valence-corrected chi connectivity index (χ1v) is 6.45. The fourth-order valence-electron chi connectivity index (χ4n) is 1.58. The molecule has 1 rings (SSSR count). The van der Waals surface area contributed by atoms with Gasteiger partial charge in [-0.3, -0.25) is 0 Å². The van der Waals surface area contributed by atoms with Gasteiger partial charge in [-0.25, -0.2) is 0 Å².